The van der Waals surface area contributed by atoms with Crippen molar-refractivity contribution in [3.05, 3.63) is 46.8 Å². The average molecular weight is 300 g/mol. The van der Waals surface area contributed by atoms with Crippen molar-refractivity contribution in [1.82, 2.24) is 0 Å². The Labute approximate surface area is 124 Å². The smallest absolute Gasteiger partial charge is 0.347 e. The molecule has 0 saturated heterocycles. The molecule has 0 aliphatic heterocycles. The van der Waals surface area contributed by atoms with E-state index in [2.05, 4.69) is 0 Å². The van der Waals surface area contributed by atoms with E-state index in [1.54, 1.807) is 0 Å². The van der Waals surface area contributed by atoms with Crippen LogP contribution in [0.1, 0.15) is 0 Å². The fraction of sp³-hybridized carbons (Fsp3) is 0.0625. The summed E-state index contributed by atoms with van der Waals surface area (Å²) in [5.41, 5.74) is -0.486. The van der Waals surface area contributed by atoms with Gasteiger partial charge < -0.3 is 24.5 Å². The number of rotatable bonds is 2. The highest BCUT2D eigenvalue weighted by atomic mass is 16.5. The van der Waals surface area contributed by atoms with Crippen LogP contribution in [-0.4, -0.2) is 22.4 Å². The van der Waals surface area contributed by atoms with Gasteiger partial charge in [-0.3, -0.25) is 0 Å². The van der Waals surface area contributed by atoms with Gasteiger partial charge >= 0.3 is 5.63 Å². The highest BCUT2D eigenvalue weighted by molar-refractivity contribution is 5.91. The van der Waals surface area contributed by atoms with Crippen LogP contribution in [0, 0.1) is 0 Å². The van der Waals surface area contributed by atoms with Crippen LogP contribution in [0.15, 0.2) is 45.6 Å². The molecule has 3 N–H and O–H groups in total. The van der Waals surface area contributed by atoms with Gasteiger partial charge in [-0.05, 0) is 29.8 Å². The number of ether oxygens (including phenoxy) is 1. The third-order valence-corrected chi connectivity index (χ3v) is 3.33. The Kier molecular flexibility index (Phi) is 3.14. The molecular weight excluding hydrogens is 288 g/mol. The molecular formula is C16H12O6. The summed E-state index contributed by atoms with van der Waals surface area (Å²) in [6, 6.07) is 8.36. The van der Waals surface area contributed by atoms with E-state index in [0.717, 1.165) is 0 Å². The molecule has 0 radical (unpaired) electrons. The first-order valence-electron chi connectivity index (χ1n) is 6.37. The molecule has 0 saturated carbocycles. The summed E-state index contributed by atoms with van der Waals surface area (Å²) in [5, 5.41) is 29.8. The predicted molar refractivity (Wildman–Crippen MR) is 79.5 cm³/mol. The number of hydrogen-bond acceptors (Lipinski definition) is 6. The molecule has 0 fully saturated rings. The maximum absolute atomic E-state index is 12.1. The summed E-state index contributed by atoms with van der Waals surface area (Å²) in [6.45, 7) is 0. The zero-order valence-corrected chi connectivity index (χ0v) is 11.5. The minimum Gasteiger partial charge on any atom is -0.508 e. The molecule has 3 aromatic rings. The van der Waals surface area contributed by atoms with Gasteiger partial charge in [0.2, 0.25) is 0 Å². The van der Waals surface area contributed by atoms with Gasteiger partial charge in [0, 0.05) is 6.07 Å². The zero-order chi connectivity index (χ0) is 15.9. The summed E-state index contributed by atoms with van der Waals surface area (Å²) in [5.74, 6) is -0.274. The van der Waals surface area contributed by atoms with Crippen LogP contribution in [-0.2, 0) is 0 Å². The molecule has 0 aliphatic rings. The van der Waals surface area contributed by atoms with Crippen LogP contribution in [0.2, 0.25) is 0 Å². The standard InChI is InChI=1S/C16H12O6/c1-21-12-5-2-8(6-11(12)18)14-15(19)10-4-3-9(17)7-13(10)22-16(14)20/h2-7,17-19H,1H3. The normalized spacial score (nSPS) is 10.8. The zero-order valence-electron chi connectivity index (χ0n) is 11.5. The van der Waals surface area contributed by atoms with Crippen molar-refractivity contribution in [1.29, 1.82) is 0 Å². The Bertz CT molecular complexity index is 926. The molecule has 0 aliphatic carbocycles. The van der Waals surface area contributed by atoms with Crippen molar-refractivity contribution in [2.75, 3.05) is 7.11 Å². The number of hydrogen-bond donors (Lipinski definition) is 3. The molecule has 0 atom stereocenters. The fourth-order valence-corrected chi connectivity index (χ4v) is 2.27. The largest absolute Gasteiger partial charge is 0.508 e. The molecule has 0 bridgehead atoms. The number of fused-ring (bicyclic) bond motifs is 1. The van der Waals surface area contributed by atoms with Gasteiger partial charge in [-0.2, -0.15) is 0 Å². The second-order valence-corrected chi connectivity index (χ2v) is 4.68. The van der Waals surface area contributed by atoms with Crippen LogP contribution < -0.4 is 10.4 Å². The molecule has 0 amide bonds. The van der Waals surface area contributed by atoms with Gasteiger partial charge in [0.05, 0.1) is 12.5 Å². The Balaban J connectivity index is 2.29. The molecule has 0 spiro atoms. The quantitative estimate of drug-likeness (QED) is 0.629. The maximum Gasteiger partial charge on any atom is 0.347 e. The third-order valence-electron chi connectivity index (χ3n) is 3.33. The molecule has 1 heterocycles. The lowest BCUT2D eigenvalue weighted by atomic mass is 10.0. The third kappa shape index (κ3) is 2.10. The van der Waals surface area contributed by atoms with Crippen LogP contribution >= 0.6 is 0 Å². The first-order chi connectivity index (χ1) is 10.5. The van der Waals surface area contributed by atoms with Crippen molar-refractivity contribution >= 4 is 11.0 Å². The molecule has 1 aromatic heterocycles. The van der Waals surface area contributed by atoms with Gasteiger partial charge in [-0.15, -0.1) is 0 Å². The number of phenols is 2. The fourth-order valence-electron chi connectivity index (χ4n) is 2.27. The summed E-state index contributed by atoms with van der Waals surface area (Å²) in [4.78, 5) is 12.1. The van der Waals surface area contributed by atoms with Crippen molar-refractivity contribution in [3.8, 4) is 34.1 Å². The van der Waals surface area contributed by atoms with Gasteiger partial charge in [0.25, 0.3) is 0 Å². The van der Waals surface area contributed by atoms with Crippen LogP contribution in [0.5, 0.6) is 23.0 Å². The maximum atomic E-state index is 12.1. The Morgan fingerprint density at radius 2 is 1.82 bits per heavy atom. The van der Waals surface area contributed by atoms with Gasteiger partial charge in [-0.1, -0.05) is 6.07 Å². The monoisotopic (exact) mass is 300 g/mol. The van der Waals surface area contributed by atoms with Crippen LogP contribution in [0.3, 0.4) is 0 Å². The van der Waals surface area contributed by atoms with Gasteiger partial charge in [0.1, 0.15) is 22.6 Å². The molecule has 0 unspecified atom stereocenters. The van der Waals surface area contributed by atoms with E-state index >= 15 is 0 Å². The second-order valence-electron chi connectivity index (χ2n) is 4.68. The summed E-state index contributed by atoms with van der Waals surface area (Å²) in [7, 11) is 1.41. The second kappa shape index (κ2) is 5.00. The van der Waals surface area contributed by atoms with Gasteiger partial charge in [-0.25, -0.2) is 4.79 Å². The lowest BCUT2D eigenvalue weighted by Crippen LogP contribution is -2.03. The van der Waals surface area contributed by atoms with E-state index in [0.29, 0.717) is 5.56 Å². The predicted octanol–water partition coefficient (Wildman–Crippen LogP) is 2.59. The highest BCUT2D eigenvalue weighted by Crippen LogP contribution is 2.37. The average Bonchev–Trinajstić information content (AvgIpc) is 2.47. The van der Waals surface area contributed by atoms with E-state index in [1.165, 1.54) is 43.5 Å². The van der Waals surface area contributed by atoms with Crippen molar-refractivity contribution in [2.45, 2.75) is 0 Å². The van der Waals surface area contributed by atoms with Crippen molar-refractivity contribution in [2.24, 2.45) is 0 Å². The van der Waals surface area contributed by atoms with E-state index in [9.17, 15) is 20.1 Å². The molecule has 3 rings (SSSR count). The lowest BCUT2D eigenvalue weighted by molar-refractivity contribution is 0.373. The summed E-state index contributed by atoms with van der Waals surface area (Å²) in [6.07, 6.45) is 0. The number of methoxy groups -OCH3 is 1. The molecule has 112 valence electrons. The van der Waals surface area contributed by atoms with Crippen LogP contribution in [0.4, 0.5) is 0 Å². The lowest BCUT2D eigenvalue weighted by Gasteiger charge is -2.09. The number of phenolic OH excluding ortho intramolecular Hbond substituents is 2. The van der Waals surface area contributed by atoms with Crippen molar-refractivity contribution in [3.63, 3.8) is 0 Å². The first kappa shape index (κ1) is 13.8. The SMILES string of the molecule is COc1ccc(-c2c(O)c3ccc(O)cc3oc2=O)cc1O. The Hall–Kier alpha value is -3.15. The Morgan fingerprint density at radius 3 is 2.50 bits per heavy atom. The Morgan fingerprint density at radius 1 is 1.05 bits per heavy atom. The highest BCUT2D eigenvalue weighted by Gasteiger charge is 2.17. The van der Waals surface area contributed by atoms with Crippen molar-refractivity contribution < 1.29 is 24.5 Å². The topological polar surface area (TPSA) is 100 Å². The summed E-state index contributed by atoms with van der Waals surface area (Å²) >= 11 is 0. The van der Waals surface area contributed by atoms with E-state index in [1.807, 2.05) is 0 Å². The first-order valence-corrected chi connectivity index (χ1v) is 6.37. The summed E-state index contributed by atoms with van der Waals surface area (Å²) < 4.78 is 10.1. The van der Waals surface area contributed by atoms with E-state index in [4.69, 9.17) is 9.15 Å². The molecule has 2 aromatic carbocycles. The number of aromatic hydroxyl groups is 3. The minimum atomic E-state index is -0.778. The molecule has 6 nitrogen and oxygen atoms in total. The van der Waals surface area contributed by atoms with E-state index in [-0.39, 0.29) is 39.5 Å². The van der Waals surface area contributed by atoms with E-state index < -0.39 is 5.63 Å². The molecule has 22 heavy (non-hydrogen) atoms. The number of benzene rings is 2. The van der Waals surface area contributed by atoms with Crippen LogP contribution in [0.25, 0.3) is 22.1 Å². The molecule has 6 heteroatoms. The minimum absolute atomic E-state index is 0.0730. The van der Waals surface area contributed by atoms with Gasteiger partial charge in [0.15, 0.2) is 11.5 Å².